The number of sulfonamides is 1. The fraction of sp³-hybridized carbons (Fsp3) is 0.240. The fourth-order valence-corrected chi connectivity index (χ4v) is 5.11. The molecule has 0 heterocycles. The van der Waals surface area contributed by atoms with Crippen LogP contribution >= 0.6 is 11.6 Å². The van der Waals surface area contributed by atoms with Gasteiger partial charge in [0.1, 0.15) is 11.8 Å². The van der Waals surface area contributed by atoms with Gasteiger partial charge in [-0.3, -0.25) is 9.10 Å². The first-order valence-corrected chi connectivity index (χ1v) is 12.6. The van der Waals surface area contributed by atoms with E-state index in [4.69, 9.17) is 16.3 Å². The molecule has 0 spiro atoms. The zero-order valence-electron chi connectivity index (χ0n) is 18.9. The number of anilines is 1. The summed E-state index contributed by atoms with van der Waals surface area (Å²) in [5.74, 6) is -0.164. The Morgan fingerprint density at radius 3 is 2.27 bits per heavy atom. The highest BCUT2D eigenvalue weighted by Crippen LogP contribution is 2.34. The van der Waals surface area contributed by atoms with Crippen molar-refractivity contribution in [3.05, 3.63) is 94.5 Å². The number of rotatable bonds is 8. The van der Waals surface area contributed by atoms with Crippen LogP contribution in [-0.2, 0) is 14.8 Å². The predicted molar refractivity (Wildman–Crippen MR) is 132 cm³/mol. The first-order chi connectivity index (χ1) is 15.6. The van der Waals surface area contributed by atoms with Crippen LogP contribution in [0.15, 0.2) is 72.8 Å². The number of carbonyl (C=O) groups is 1. The molecule has 0 aliphatic carbocycles. The molecule has 0 aliphatic rings. The van der Waals surface area contributed by atoms with Gasteiger partial charge in [0, 0.05) is 5.02 Å². The molecular formula is C25H27ClN2O4S. The summed E-state index contributed by atoms with van der Waals surface area (Å²) in [5.41, 5.74) is 3.02. The van der Waals surface area contributed by atoms with Crippen LogP contribution < -0.4 is 14.4 Å². The maximum absolute atomic E-state index is 13.5. The molecule has 0 aromatic heterocycles. The monoisotopic (exact) mass is 486 g/mol. The molecule has 0 aliphatic heterocycles. The summed E-state index contributed by atoms with van der Waals surface area (Å²) < 4.78 is 31.9. The molecular weight excluding hydrogens is 460 g/mol. The van der Waals surface area contributed by atoms with E-state index in [0.29, 0.717) is 10.8 Å². The fourth-order valence-electron chi connectivity index (χ4n) is 3.78. The SMILES string of the molecule is COc1ccc(Cl)cc1N([C@H](C)C(=O)N[C@H](c1ccccc1)c1ccccc1C)S(C)(=O)=O. The number of halogens is 1. The molecule has 3 aromatic carbocycles. The van der Waals surface area contributed by atoms with Gasteiger partial charge in [0.2, 0.25) is 15.9 Å². The third kappa shape index (κ3) is 5.67. The Bertz CT molecular complexity index is 1230. The molecule has 0 fully saturated rings. The van der Waals surface area contributed by atoms with Crippen LogP contribution in [0, 0.1) is 6.92 Å². The van der Waals surface area contributed by atoms with Crippen LogP contribution in [0.1, 0.15) is 29.7 Å². The number of amides is 1. The van der Waals surface area contributed by atoms with Crippen molar-refractivity contribution in [1.29, 1.82) is 0 Å². The maximum atomic E-state index is 13.5. The molecule has 33 heavy (non-hydrogen) atoms. The number of carbonyl (C=O) groups excluding carboxylic acids is 1. The van der Waals surface area contributed by atoms with Crippen molar-refractivity contribution in [2.24, 2.45) is 0 Å². The van der Waals surface area contributed by atoms with Crippen molar-refractivity contribution in [3.8, 4) is 5.75 Å². The van der Waals surface area contributed by atoms with Gasteiger partial charge in [0.15, 0.2) is 0 Å². The summed E-state index contributed by atoms with van der Waals surface area (Å²) in [6.07, 6.45) is 1.05. The second-order valence-corrected chi connectivity index (χ2v) is 10.1. The highest BCUT2D eigenvalue weighted by Gasteiger charge is 2.33. The van der Waals surface area contributed by atoms with Gasteiger partial charge in [-0.1, -0.05) is 66.2 Å². The van der Waals surface area contributed by atoms with Crippen molar-refractivity contribution in [3.63, 3.8) is 0 Å². The topological polar surface area (TPSA) is 75.7 Å². The normalized spacial score (nSPS) is 13.1. The van der Waals surface area contributed by atoms with E-state index < -0.39 is 28.0 Å². The molecule has 0 saturated heterocycles. The number of benzene rings is 3. The largest absolute Gasteiger partial charge is 0.495 e. The van der Waals surface area contributed by atoms with Crippen molar-refractivity contribution < 1.29 is 17.9 Å². The Kier molecular flexibility index (Phi) is 7.66. The lowest BCUT2D eigenvalue weighted by atomic mass is 9.94. The molecule has 2 atom stereocenters. The average Bonchev–Trinajstić information content (AvgIpc) is 2.78. The summed E-state index contributed by atoms with van der Waals surface area (Å²) in [7, 11) is -2.42. The second kappa shape index (κ2) is 10.3. The minimum absolute atomic E-state index is 0.197. The van der Waals surface area contributed by atoms with E-state index in [2.05, 4.69) is 5.32 Å². The van der Waals surface area contributed by atoms with Crippen LogP contribution in [-0.4, -0.2) is 33.7 Å². The number of methoxy groups -OCH3 is 1. The Balaban J connectivity index is 2.02. The summed E-state index contributed by atoms with van der Waals surface area (Å²) >= 11 is 6.14. The minimum atomic E-state index is -3.85. The molecule has 8 heteroatoms. The highest BCUT2D eigenvalue weighted by molar-refractivity contribution is 7.92. The van der Waals surface area contributed by atoms with Gasteiger partial charge in [-0.25, -0.2) is 8.42 Å². The zero-order valence-corrected chi connectivity index (χ0v) is 20.5. The second-order valence-electron chi connectivity index (χ2n) is 7.76. The van der Waals surface area contributed by atoms with Gasteiger partial charge >= 0.3 is 0 Å². The van der Waals surface area contributed by atoms with Gasteiger partial charge in [0.25, 0.3) is 0 Å². The zero-order chi connectivity index (χ0) is 24.2. The first-order valence-electron chi connectivity index (χ1n) is 10.4. The molecule has 0 radical (unpaired) electrons. The molecule has 0 unspecified atom stereocenters. The summed E-state index contributed by atoms with van der Waals surface area (Å²) in [4.78, 5) is 13.5. The standard InChI is InChI=1S/C25H27ClN2O4S/c1-17-10-8-9-13-21(17)24(19-11-6-5-7-12-19)27-25(29)18(2)28(33(4,30)31)22-16-20(26)14-15-23(22)32-3/h5-16,18,24H,1-4H3,(H,27,29)/t18-,24-/m1/s1. The minimum Gasteiger partial charge on any atom is -0.495 e. The van der Waals surface area contributed by atoms with Crippen molar-refractivity contribution in [2.45, 2.75) is 25.9 Å². The third-order valence-corrected chi connectivity index (χ3v) is 6.85. The van der Waals surface area contributed by atoms with Gasteiger partial charge in [-0.2, -0.15) is 0 Å². The van der Waals surface area contributed by atoms with Crippen LogP contribution in [0.4, 0.5) is 5.69 Å². The van der Waals surface area contributed by atoms with Gasteiger partial charge in [0.05, 0.1) is 25.1 Å². The lowest BCUT2D eigenvalue weighted by Crippen LogP contribution is -2.49. The lowest BCUT2D eigenvalue weighted by molar-refractivity contribution is -0.122. The van der Waals surface area contributed by atoms with Gasteiger partial charge in [-0.05, 0) is 48.7 Å². The summed E-state index contributed by atoms with van der Waals surface area (Å²) in [6, 6.07) is 20.4. The molecule has 3 rings (SSSR count). The highest BCUT2D eigenvalue weighted by atomic mass is 35.5. The molecule has 1 amide bonds. The van der Waals surface area contributed by atoms with Crippen LogP contribution in [0.2, 0.25) is 5.02 Å². The molecule has 3 aromatic rings. The van der Waals surface area contributed by atoms with Gasteiger partial charge in [-0.15, -0.1) is 0 Å². The molecule has 0 bridgehead atoms. The molecule has 6 nitrogen and oxygen atoms in total. The Morgan fingerprint density at radius 1 is 1.03 bits per heavy atom. The van der Waals surface area contributed by atoms with Gasteiger partial charge < -0.3 is 10.1 Å². The van der Waals surface area contributed by atoms with Crippen molar-refractivity contribution in [1.82, 2.24) is 5.32 Å². The smallest absolute Gasteiger partial charge is 0.244 e. The van der Waals surface area contributed by atoms with E-state index >= 15 is 0 Å². The number of hydrogen-bond donors (Lipinski definition) is 1. The number of nitrogens with one attached hydrogen (secondary N) is 1. The predicted octanol–water partition coefficient (Wildman–Crippen LogP) is 4.72. The molecule has 0 saturated carbocycles. The maximum Gasteiger partial charge on any atom is 0.244 e. The summed E-state index contributed by atoms with van der Waals surface area (Å²) in [5, 5.41) is 3.37. The number of nitrogens with zero attached hydrogens (tertiary/aromatic N) is 1. The van der Waals surface area contributed by atoms with Crippen LogP contribution in [0.5, 0.6) is 5.75 Å². The molecule has 1 N–H and O–H groups in total. The van der Waals surface area contributed by atoms with E-state index in [9.17, 15) is 13.2 Å². The van der Waals surface area contributed by atoms with E-state index in [1.54, 1.807) is 12.1 Å². The third-order valence-electron chi connectivity index (χ3n) is 5.39. The number of hydrogen-bond acceptors (Lipinski definition) is 4. The quantitative estimate of drug-likeness (QED) is 0.500. The number of aryl methyl sites for hydroxylation is 1. The van der Waals surface area contributed by atoms with E-state index in [1.165, 1.54) is 20.1 Å². The van der Waals surface area contributed by atoms with E-state index in [1.807, 2.05) is 61.5 Å². The first kappa shape index (κ1) is 24.6. The molecule has 174 valence electrons. The van der Waals surface area contributed by atoms with Crippen LogP contribution in [0.25, 0.3) is 0 Å². The summed E-state index contributed by atoms with van der Waals surface area (Å²) in [6.45, 7) is 3.51. The van der Waals surface area contributed by atoms with E-state index in [-0.39, 0.29) is 5.69 Å². The Hall–Kier alpha value is -3.03. The van der Waals surface area contributed by atoms with Crippen LogP contribution in [0.3, 0.4) is 0 Å². The number of ether oxygens (including phenoxy) is 1. The lowest BCUT2D eigenvalue weighted by Gasteiger charge is -2.31. The average molecular weight is 487 g/mol. The Labute approximate surface area is 200 Å². The Morgan fingerprint density at radius 2 is 1.67 bits per heavy atom. The van der Waals surface area contributed by atoms with Crippen molar-refractivity contribution in [2.75, 3.05) is 17.7 Å². The van der Waals surface area contributed by atoms with E-state index in [0.717, 1.165) is 27.3 Å². The van der Waals surface area contributed by atoms with Crippen molar-refractivity contribution >= 4 is 33.2 Å².